The lowest BCUT2D eigenvalue weighted by Crippen LogP contribution is -2.56. The number of nitrogens with zero attached hydrogens (tertiary/aromatic N) is 2. The topological polar surface area (TPSA) is 29.9 Å². The minimum atomic E-state index is -0.198. The van der Waals surface area contributed by atoms with E-state index in [1.165, 1.54) is 35.2 Å². The van der Waals surface area contributed by atoms with Crippen LogP contribution in [0.5, 0.6) is 0 Å². The van der Waals surface area contributed by atoms with Crippen molar-refractivity contribution in [3.8, 4) is 5.69 Å². The van der Waals surface area contributed by atoms with Crippen molar-refractivity contribution in [1.29, 1.82) is 0 Å². The smallest absolute Gasteiger partial charge is 0.123 e. The second-order valence-corrected chi connectivity index (χ2v) is 6.91. The van der Waals surface area contributed by atoms with Gasteiger partial charge in [0.1, 0.15) is 5.82 Å². The Morgan fingerprint density at radius 3 is 2.70 bits per heavy atom. The van der Waals surface area contributed by atoms with E-state index in [9.17, 15) is 4.39 Å². The van der Waals surface area contributed by atoms with Crippen LogP contribution in [-0.2, 0) is 12.8 Å². The number of rotatable bonds is 1. The Kier molecular flexibility index (Phi) is 2.68. The highest BCUT2D eigenvalue weighted by atomic mass is 19.1. The standard InChI is InChI=1S/C19H18FN3/c20-13-1-3-14(4-2-13)23-17-5-7-19(11-22-12-19)9-16(17)15-6-8-21-10-18(15)23/h1-4,6,8,10,22H,5,7,9,11-12H2. The molecule has 0 amide bonds. The molecule has 0 bridgehead atoms. The van der Waals surface area contributed by atoms with E-state index in [4.69, 9.17) is 0 Å². The molecule has 0 saturated carbocycles. The van der Waals surface area contributed by atoms with E-state index in [1.54, 1.807) is 0 Å². The molecule has 3 heterocycles. The van der Waals surface area contributed by atoms with Crippen LogP contribution in [0.4, 0.5) is 4.39 Å². The molecular weight excluding hydrogens is 289 g/mol. The third kappa shape index (κ3) is 1.88. The van der Waals surface area contributed by atoms with Gasteiger partial charge < -0.3 is 9.88 Å². The van der Waals surface area contributed by atoms with Gasteiger partial charge in [0.25, 0.3) is 0 Å². The zero-order valence-electron chi connectivity index (χ0n) is 12.8. The first-order chi connectivity index (χ1) is 11.3. The first-order valence-electron chi connectivity index (χ1n) is 8.19. The molecule has 3 aromatic rings. The van der Waals surface area contributed by atoms with Crippen molar-refractivity contribution in [3.05, 3.63) is 59.8 Å². The van der Waals surface area contributed by atoms with Crippen LogP contribution in [0.15, 0.2) is 42.7 Å². The molecule has 1 aliphatic carbocycles. The average molecular weight is 307 g/mol. The van der Waals surface area contributed by atoms with Gasteiger partial charge in [-0.15, -0.1) is 0 Å². The predicted octanol–water partition coefficient (Wildman–Crippen LogP) is 3.24. The van der Waals surface area contributed by atoms with Crippen molar-refractivity contribution in [2.75, 3.05) is 13.1 Å². The van der Waals surface area contributed by atoms with Crippen LogP contribution in [0.3, 0.4) is 0 Å². The Morgan fingerprint density at radius 2 is 1.96 bits per heavy atom. The van der Waals surface area contributed by atoms with Crippen LogP contribution < -0.4 is 5.32 Å². The molecule has 4 heteroatoms. The number of hydrogen-bond acceptors (Lipinski definition) is 2. The van der Waals surface area contributed by atoms with E-state index < -0.39 is 0 Å². The summed E-state index contributed by atoms with van der Waals surface area (Å²) in [5.41, 5.74) is 5.43. The zero-order valence-corrected chi connectivity index (χ0v) is 12.8. The number of fused-ring (bicyclic) bond motifs is 3. The Morgan fingerprint density at radius 1 is 1.13 bits per heavy atom. The number of nitrogens with one attached hydrogen (secondary N) is 1. The third-order valence-corrected chi connectivity index (χ3v) is 5.51. The number of benzene rings is 1. The van der Waals surface area contributed by atoms with Crippen LogP contribution in [0.2, 0.25) is 0 Å². The van der Waals surface area contributed by atoms with Gasteiger partial charge in [-0.05, 0) is 60.6 Å². The van der Waals surface area contributed by atoms with Gasteiger partial charge in [0, 0.05) is 36.1 Å². The van der Waals surface area contributed by atoms with E-state index in [1.807, 2.05) is 24.5 Å². The molecule has 0 atom stereocenters. The maximum Gasteiger partial charge on any atom is 0.123 e. The molecule has 0 radical (unpaired) electrons. The summed E-state index contributed by atoms with van der Waals surface area (Å²) in [6, 6.07) is 8.90. The van der Waals surface area contributed by atoms with Crippen LogP contribution in [0.1, 0.15) is 17.7 Å². The van der Waals surface area contributed by atoms with Gasteiger partial charge in [-0.2, -0.15) is 0 Å². The third-order valence-electron chi connectivity index (χ3n) is 5.51. The van der Waals surface area contributed by atoms with Crippen molar-refractivity contribution in [2.24, 2.45) is 5.41 Å². The summed E-state index contributed by atoms with van der Waals surface area (Å²) < 4.78 is 15.6. The van der Waals surface area contributed by atoms with Crippen molar-refractivity contribution in [3.63, 3.8) is 0 Å². The highest BCUT2D eigenvalue weighted by Crippen LogP contribution is 2.43. The molecule has 1 fully saturated rings. The predicted molar refractivity (Wildman–Crippen MR) is 88.4 cm³/mol. The summed E-state index contributed by atoms with van der Waals surface area (Å²) in [5.74, 6) is -0.198. The molecule has 2 aromatic heterocycles. The quantitative estimate of drug-likeness (QED) is 0.748. The summed E-state index contributed by atoms with van der Waals surface area (Å²) in [6.07, 6.45) is 7.23. The lowest BCUT2D eigenvalue weighted by atomic mass is 9.69. The molecule has 1 aliphatic heterocycles. The van der Waals surface area contributed by atoms with Gasteiger partial charge in [0.2, 0.25) is 0 Å². The van der Waals surface area contributed by atoms with E-state index in [0.717, 1.165) is 37.1 Å². The number of aromatic nitrogens is 2. The maximum absolute atomic E-state index is 13.3. The number of hydrogen-bond donors (Lipinski definition) is 1. The number of halogens is 1. The monoisotopic (exact) mass is 307 g/mol. The summed E-state index contributed by atoms with van der Waals surface area (Å²) in [7, 11) is 0. The second-order valence-electron chi connectivity index (χ2n) is 6.91. The fourth-order valence-corrected chi connectivity index (χ4v) is 4.23. The number of pyridine rings is 1. The van der Waals surface area contributed by atoms with Gasteiger partial charge in [0.15, 0.2) is 0 Å². The summed E-state index contributed by atoms with van der Waals surface area (Å²) in [4.78, 5) is 4.32. The molecule has 3 nitrogen and oxygen atoms in total. The van der Waals surface area contributed by atoms with Gasteiger partial charge in [-0.1, -0.05) is 0 Å². The largest absolute Gasteiger partial charge is 0.316 e. The van der Waals surface area contributed by atoms with Crippen molar-refractivity contribution in [1.82, 2.24) is 14.9 Å². The van der Waals surface area contributed by atoms with Crippen LogP contribution >= 0.6 is 0 Å². The molecule has 0 unspecified atom stereocenters. The maximum atomic E-state index is 13.3. The Labute approximate surface area is 134 Å². The lowest BCUT2D eigenvalue weighted by Gasteiger charge is -2.45. The van der Waals surface area contributed by atoms with E-state index >= 15 is 0 Å². The highest BCUT2D eigenvalue weighted by molar-refractivity contribution is 5.87. The van der Waals surface area contributed by atoms with Crippen molar-refractivity contribution in [2.45, 2.75) is 19.3 Å². The van der Waals surface area contributed by atoms with Gasteiger partial charge in [0.05, 0.1) is 11.7 Å². The minimum absolute atomic E-state index is 0.198. The zero-order chi connectivity index (χ0) is 15.4. The molecule has 116 valence electrons. The fourth-order valence-electron chi connectivity index (χ4n) is 4.23. The molecule has 2 aliphatic rings. The Balaban J connectivity index is 1.75. The van der Waals surface area contributed by atoms with E-state index in [-0.39, 0.29) is 5.82 Å². The van der Waals surface area contributed by atoms with Crippen molar-refractivity contribution >= 4 is 10.9 Å². The molecule has 1 N–H and O–H groups in total. The van der Waals surface area contributed by atoms with Gasteiger partial charge in [-0.3, -0.25) is 4.98 Å². The first-order valence-corrected chi connectivity index (χ1v) is 8.19. The van der Waals surface area contributed by atoms with Gasteiger partial charge in [-0.25, -0.2) is 4.39 Å². The summed E-state index contributed by atoms with van der Waals surface area (Å²) in [6.45, 7) is 2.25. The van der Waals surface area contributed by atoms with Crippen molar-refractivity contribution < 1.29 is 4.39 Å². The Bertz CT molecular complexity index is 891. The molecular formula is C19H18FN3. The summed E-state index contributed by atoms with van der Waals surface area (Å²) >= 11 is 0. The Hall–Kier alpha value is -2.20. The second kappa shape index (κ2) is 4.65. The molecule has 5 rings (SSSR count). The molecule has 1 aromatic carbocycles. The summed E-state index contributed by atoms with van der Waals surface area (Å²) in [5, 5.41) is 4.73. The molecule has 23 heavy (non-hydrogen) atoms. The van der Waals surface area contributed by atoms with Crippen LogP contribution in [-0.4, -0.2) is 22.6 Å². The lowest BCUT2D eigenvalue weighted by molar-refractivity contribution is 0.143. The fraction of sp³-hybridized carbons (Fsp3) is 0.316. The molecule has 1 spiro atoms. The average Bonchev–Trinajstić information content (AvgIpc) is 2.88. The van der Waals surface area contributed by atoms with E-state index in [0.29, 0.717) is 5.41 Å². The van der Waals surface area contributed by atoms with E-state index in [2.05, 4.69) is 20.9 Å². The molecule has 1 saturated heterocycles. The minimum Gasteiger partial charge on any atom is -0.316 e. The first kappa shape index (κ1) is 13.3. The van der Waals surface area contributed by atoms with Crippen LogP contribution in [0, 0.1) is 11.2 Å². The SMILES string of the molecule is Fc1ccc(-n2c3c(c4ccncc42)CC2(CC3)CNC2)cc1. The normalized spacial score (nSPS) is 18.8. The van der Waals surface area contributed by atoms with Crippen LogP contribution in [0.25, 0.3) is 16.6 Å². The van der Waals surface area contributed by atoms with Gasteiger partial charge >= 0.3 is 0 Å². The highest BCUT2D eigenvalue weighted by Gasteiger charge is 2.41.